The van der Waals surface area contributed by atoms with Gasteiger partial charge in [-0.05, 0) is 64.5 Å². The number of carbonyl (C=O) groups is 4. The van der Waals surface area contributed by atoms with Gasteiger partial charge >= 0.3 is 11.9 Å². The first kappa shape index (κ1) is 20.3. The lowest BCUT2D eigenvalue weighted by atomic mass is 9.35. The predicted octanol–water partition coefficient (Wildman–Crippen LogP) is 2.61. The fraction of sp³-hybridized carbons (Fsp3) is 0.680. The van der Waals surface area contributed by atoms with Crippen LogP contribution in [0.4, 0.5) is 0 Å². The molecule has 0 aromatic carbocycles. The van der Waals surface area contributed by atoms with Gasteiger partial charge in [-0.25, -0.2) is 0 Å². The minimum absolute atomic E-state index is 0.0863. The summed E-state index contributed by atoms with van der Waals surface area (Å²) >= 11 is 0. The molecule has 7 nitrogen and oxygen atoms in total. The standard InChI is InChI=1S/C25H28O7/c1-12-13-9-16(26)31-20(2,3)14(13)7-8-21(4)15(12)10-22(5)17(27)23(6)18(28)25(21)19(29)30-11-24(22,25)32-23/h7,15H,8-11H2,1-6H3/t15-,21-,22-,23-,24+,25+/m0/s1. The van der Waals surface area contributed by atoms with Gasteiger partial charge in [0.15, 0.2) is 22.6 Å². The maximum absolute atomic E-state index is 14.1. The molecule has 7 heteroatoms. The van der Waals surface area contributed by atoms with Gasteiger partial charge in [-0.1, -0.05) is 18.6 Å². The van der Waals surface area contributed by atoms with Crippen LogP contribution in [0.1, 0.15) is 60.8 Å². The zero-order valence-corrected chi connectivity index (χ0v) is 19.3. The maximum atomic E-state index is 14.1. The monoisotopic (exact) mass is 440 g/mol. The highest BCUT2D eigenvalue weighted by Crippen LogP contribution is 2.80. The number of rotatable bonds is 0. The Morgan fingerprint density at radius 2 is 1.69 bits per heavy atom. The molecule has 6 aliphatic rings. The van der Waals surface area contributed by atoms with Crippen molar-refractivity contribution >= 4 is 23.5 Å². The van der Waals surface area contributed by atoms with Gasteiger partial charge in [0.2, 0.25) is 0 Å². The molecule has 1 saturated carbocycles. The third-order valence-corrected chi connectivity index (χ3v) is 9.93. The summed E-state index contributed by atoms with van der Waals surface area (Å²) in [6.45, 7) is 10.9. The molecule has 4 aliphatic heterocycles. The molecule has 2 aliphatic carbocycles. The van der Waals surface area contributed by atoms with Crippen molar-refractivity contribution in [1.82, 2.24) is 0 Å². The van der Waals surface area contributed by atoms with Gasteiger partial charge in [0.25, 0.3) is 0 Å². The van der Waals surface area contributed by atoms with Crippen molar-refractivity contribution in [1.29, 1.82) is 0 Å². The van der Waals surface area contributed by atoms with Crippen LogP contribution in [0.5, 0.6) is 0 Å². The molecule has 0 unspecified atom stereocenters. The predicted molar refractivity (Wildman–Crippen MR) is 110 cm³/mol. The van der Waals surface area contributed by atoms with Crippen molar-refractivity contribution in [2.75, 3.05) is 6.61 Å². The van der Waals surface area contributed by atoms with Crippen LogP contribution in [0, 0.1) is 22.2 Å². The lowest BCUT2D eigenvalue weighted by Crippen LogP contribution is -2.75. The van der Waals surface area contributed by atoms with E-state index in [1.54, 1.807) is 0 Å². The first-order chi connectivity index (χ1) is 14.7. The molecular formula is C25H28O7. The highest BCUT2D eigenvalue weighted by molar-refractivity contribution is 6.28. The lowest BCUT2D eigenvalue weighted by molar-refractivity contribution is -0.195. The van der Waals surface area contributed by atoms with Gasteiger partial charge in [0.1, 0.15) is 17.8 Å². The Hall–Kier alpha value is -2.28. The molecule has 6 rings (SSSR count). The van der Waals surface area contributed by atoms with Gasteiger partial charge in [-0.15, -0.1) is 0 Å². The van der Waals surface area contributed by atoms with Crippen LogP contribution in [-0.2, 0) is 33.4 Å². The Kier molecular flexibility index (Phi) is 3.25. The number of ether oxygens (including phenoxy) is 3. The van der Waals surface area contributed by atoms with Crippen LogP contribution >= 0.6 is 0 Å². The summed E-state index contributed by atoms with van der Waals surface area (Å²) in [4.78, 5) is 53.8. The van der Waals surface area contributed by atoms with E-state index in [0.717, 1.165) is 16.7 Å². The quantitative estimate of drug-likeness (QED) is 0.422. The molecule has 1 spiro atoms. The number of cyclic esters (lactones) is 2. The molecular weight excluding hydrogens is 412 g/mol. The Labute approximate surface area is 186 Å². The van der Waals surface area contributed by atoms with Crippen molar-refractivity contribution in [3.05, 3.63) is 22.8 Å². The van der Waals surface area contributed by atoms with Crippen molar-refractivity contribution in [2.24, 2.45) is 22.2 Å². The minimum atomic E-state index is -1.63. The molecule has 2 bridgehead atoms. The SMILES string of the molecule is CC1=C2CC(=O)OC(C)(C)C2=CC[C@@]2(C)[C@H]1C[C@@]1(C)C(=O)[C@]3(C)O[C@]14COC(=O)[C@@]42C3=O. The molecule has 4 heterocycles. The fourth-order valence-electron chi connectivity index (χ4n) is 8.48. The van der Waals surface area contributed by atoms with Crippen molar-refractivity contribution < 1.29 is 33.4 Å². The van der Waals surface area contributed by atoms with Crippen LogP contribution in [0.15, 0.2) is 22.8 Å². The van der Waals surface area contributed by atoms with Crippen LogP contribution < -0.4 is 0 Å². The average Bonchev–Trinajstić information content (AvgIpc) is 3.16. The number of hydrogen-bond donors (Lipinski definition) is 0. The molecule has 0 aromatic heterocycles. The van der Waals surface area contributed by atoms with Crippen LogP contribution in [0.3, 0.4) is 0 Å². The van der Waals surface area contributed by atoms with Crippen molar-refractivity contribution in [3.63, 3.8) is 0 Å². The summed E-state index contributed by atoms with van der Waals surface area (Å²) in [6.07, 6.45) is 3.03. The largest absolute Gasteiger partial charge is 0.462 e. The number of ketones is 2. The van der Waals surface area contributed by atoms with Crippen LogP contribution in [0.2, 0.25) is 0 Å². The number of Topliss-reactive ketones (excluding diaryl/α,β-unsaturated/α-hetero) is 2. The Morgan fingerprint density at radius 3 is 2.38 bits per heavy atom. The number of hydrogen-bond acceptors (Lipinski definition) is 7. The van der Waals surface area contributed by atoms with E-state index in [9.17, 15) is 19.2 Å². The smallest absolute Gasteiger partial charge is 0.323 e. The number of esters is 2. The lowest BCUT2D eigenvalue weighted by Gasteiger charge is -2.61. The van der Waals surface area contributed by atoms with Gasteiger partial charge in [-0.2, -0.15) is 0 Å². The highest BCUT2D eigenvalue weighted by Gasteiger charge is 2.96. The first-order valence-electron chi connectivity index (χ1n) is 11.3. The topological polar surface area (TPSA) is 96.0 Å². The second-order valence-electron chi connectivity index (χ2n) is 11.6. The first-order valence-corrected chi connectivity index (χ1v) is 11.3. The number of carbonyl (C=O) groups excluding carboxylic acids is 4. The molecule has 4 saturated heterocycles. The molecule has 170 valence electrons. The van der Waals surface area contributed by atoms with E-state index in [2.05, 4.69) is 0 Å². The number of fused-ring (bicyclic) bond motifs is 3. The molecule has 5 fully saturated rings. The van der Waals surface area contributed by atoms with Gasteiger partial charge in [0.05, 0.1) is 11.8 Å². The van der Waals surface area contributed by atoms with E-state index in [1.165, 1.54) is 6.92 Å². The fourth-order valence-corrected chi connectivity index (χ4v) is 8.48. The molecule has 0 radical (unpaired) electrons. The average molecular weight is 440 g/mol. The third-order valence-electron chi connectivity index (χ3n) is 9.93. The summed E-state index contributed by atoms with van der Waals surface area (Å²) in [5.41, 5.74) is -4.45. The van der Waals surface area contributed by atoms with E-state index in [4.69, 9.17) is 14.2 Å². The van der Waals surface area contributed by atoms with Gasteiger partial charge in [-0.3, -0.25) is 19.2 Å². The Morgan fingerprint density at radius 1 is 1.00 bits per heavy atom. The van der Waals surface area contributed by atoms with Crippen molar-refractivity contribution in [3.8, 4) is 0 Å². The van der Waals surface area contributed by atoms with E-state index < -0.39 is 44.8 Å². The molecule has 6 atom stereocenters. The Balaban J connectivity index is 1.68. The minimum Gasteiger partial charge on any atom is -0.462 e. The van der Waals surface area contributed by atoms with E-state index in [-0.39, 0.29) is 30.7 Å². The van der Waals surface area contributed by atoms with Gasteiger partial charge in [0, 0.05) is 5.41 Å². The highest BCUT2D eigenvalue weighted by atomic mass is 16.6. The summed E-state index contributed by atoms with van der Waals surface area (Å²) in [5.74, 6) is -1.87. The normalized spacial score (nSPS) is 50.3. The van der Waals surface area contributed by atoms with Crippen LogP contribution in [0.25, 0.3) is 0 Å². The zero-order valence-electron chi connectivity index (χ0n) is 19.3. The van der Waals surface area contributed by atoms with Gasteiger partial charge < -0.3 is 14.2 Å². The van der Waals surface area contributed by atoms with E-state index >= 15 is 0 Å². The Bertz CT molecular complexity index is 1140. The third kappa shape index (κ3) is 1.61. The molecule has 0 N–H and O–H groups in total. The summed E-state index contributed by atoms with van der Waals surface area (Å²) in [7, 11) is 0. The molecule has 32 heavy (non-hydrogen) atoms. The van der Waals surface area contributed by atoms with E-state index in [0.29, 0.717) is 12.8 Å². The second-order valence-corrected chi connectivity index (χ2v) is 11.6. The summed E-state index contributed by atoms with van der Waals surface area (Å²) in [6, 6.07) is 0. The number of allylic oxidation sites excluding steroid dienone is 2. The summed E-state index contributed by atoms with van der Waals surface area (Å²) in [5, 5.41) is 0. The molecule has 0 aromatic rings. The maximum Gasteiger partial charge on any atom is 0.323 e. The van der Waals surface area contributed by atoms with E-state index in [1.807, 2.05) is 40.7 Å². The van der Waals surface area contributed by atoms with Crippen molar-refractivity contribution in [2.45, 2.75) is 77.6 Å². The second kappa shape index (κ2) is 5.11. The summed E-state index contributed by atoms with van der Waals surface area (Å²) < 4.78 is 17.6. The zero-order chi connectivity index (χ0) is 23.3. The van der Waals surface area contributed by atoms with Crippen LogP contribution in [-0.4, -0.2) is 46.9 Å². The molecule has 0 amide bonds.